The molecule has 0 saturated carbocycles. The monoisotopic (exact) mass is 248 g/mol. The lowest BCUT2D eigenvalue weighted by molar-refractivity contribution is 0.577. The molecule has 18 heavy (non-hydrogen) atoms. The maximum atomic E-state index is 13.2. The summed E-state index contributed by atoms with van der Waals surface area (Å²) in [6, 6.07) is 4.55. The van der Waals surface area contributed by atoms with Crippen LogP contribution in [0.1, 0.15) is 5.56 Å². The van der Waals surface area contributed by atoms with Gasteiger partial charge in [-0.15, -0.1) is 0 Å². The van der Waals surface area contributed by atoms with Crippen LogP contribution in [-0.2, 0) is 0 Å². The second kappa shape index (κ2) is 5.37. The third-order valence-corrected chi connectivity index (χ3v) is 1.81. The van der Waals surface area contributed by atoms with Crippen molar-refractivity contribution in [3.8, 4) is 12.1 Å². The second-order valence-corrected chi connectivity index (χ2v) is 3.02. The Hall–Kier alpha value is -3.00. The molecule has 0 spiro atoms. The van der Waals surface area contributed by atoms with Crippen LogP contribution < -0.4 is 11.2 Å². The molecule has 0 atom stereocenters. The Kier molecular flexibility index (Phi) is 3.89. The molecule has 0 heterocycles. The minimum Gasteiger partial charge on any atom is -0.382 e. The summed E-state index contributed by atoms with van der Waals surface area (Å²) < 4.78 is 26.4. The summed E-state index contributed by atoms with van der Waals surface area (Å²) in [6.45, 7) is 0. The molecule has 0 radical (unpaired) electrons. The fraction of sp³-hybridized carbons (Fsp3) is 0. The van der Waals surface area contributed by atoms with Gasteiger partial charge in [0.05, 0.1) is 5.69 Å². The Labute approximate surface area is 100 Å². The fourth-order valence-electron chi connectivity index (χ4n) is 1.01. The molecule has 8 heteroatoms. The smallest absolute Gasteiger partial charge is 0.201 e. The van der Waals surface area contributed by atoms with Crippen LogP contribution in [0.15, 0.2) is 17.2 Å². The minimum absolute atomic E-state index is 0.113. The Morgan fingerprint density at radius 1 is 1.33 bits per heavy atom. The van der Waals surface area contributed by atoms with E-state index in [-0.39, 0.29) is 5.69 Å². The van der Waals surface area contributed by atoms with Crippen molar-refractivity contribution in [2.45, 2.75) is 0 Å². The van der Waals surface area contributed by atoms with Gasteiger partial charge in [0.2, 0.25) is 5.71 Å². The maximum absolute atomic E-state index is 13.2. The summed E-state index contributed by atoms with van der Waals surface area (Å²) in [5, 5.41) is 27.3. The van der Waals surface area contributed by atoms with Crippen molar-refractivity contribution in [1.82, 2.24) is 0 Å². The van der Waals surface area contributed by atoms with Gasteiger partial charge in [-0.1, -0.05) is 0 Å². The van der Waals surface area contributed by atoms with Crippen LogP contribution in [-0.4, -0.2) is 11.5 Å². The third kappa shape index (κ3) is 2.77. The van der Waals surface area contributed by atoms with E-state index in [2.05, 4.69) is 10.5 Å². The number of halogens is 2. The lowest BCUT2D eigenvalue weighted by atomic mass is 10.2. The first-order valence-corrected chi connectivity index (χ1v) is 4.47. The molecule has 0 bridgehead atoms. The number of nitrogens with two attached hydrogens (primary N) is 1. The van der Waals surface area contributed by atoms with Gasteiger partial charge in [-0.25, -0.2) is 8.78 Å². The zero-order valence-corrected chi connectivity index (χ0v) is 8.83. The lowest BCUT2D eigenvalue weighted by Gasteiger charge is -2.03. The SMILES string of the molecule is N#C/C(=N\Nc1cc(F)c(C#N)c(F)c1)C(=N)N. The van der Waals surface area contributed by atoms with E-state index in [4.69, 9.17) is 21.7 Å². The van der Waals surface area contributed by atoms with Crippen molar-refractivity contribution in [3.63, 3.8) is 0 Å². The van der Waals surface area contributed by atoms with Crippen LogP contribution in [0.2, 0.25) is 0 Å². The molecule has 0 unspecified atom stereocenters. The Balaban J connectivity index is 3.06. The topological polar surface area (TPSA) is 122 Å². The minimum atomic E-state index is -1.06. The summed E-state index contributed by atoms with van der Waals surface area (Å²) in [4.78, 5) is 0. The molecule has 6 nitrogen and oxygen atoms in total. The van der Waals surface area contributed by atoms with Crippen molar-refractivity contribution >= 4 is 17.2 Å². The second-order valence-electron chi connectivity index (χ2n) is 3.02. The first kappa shape index (κ1) is 13.1. The van der Waals surface area contributed by atoms with E-state index in [1.165, 1.54) is 12.1 Å². The average Bonchev–Trinajstić information content (AvgIpc) is 2.29. The number of hydrogen-bond acceptors (Lipinski definition) is 5. The molecule has 0 fully saturated rings. The number of nitrogens with one attached hydrogen (secondary N) is 2. The largest absolute Gasteiger partial charge is 0.382 e. The van der Waals surface area contributed by atoms with Gasteiger partial charge in [-0.2, -0.15) is 15.6 Å². The highest BCUT2D eigenvalue weighted by molar-refractivity contribution is 6.45. The molecule has 4 N–H and O–H groups in total. The molecule has 1 aromatic rings. The van der Waals surface area contributed by atoms with Crippen molar-refractivity contribution in [3.05, 3.63) is 29.3 Å². The summed E-state index contributed by atoms with van der Waals surface area (Å²) >= 11 is 0. The number of nitriles is 2. The zero-order chi connectivity index (χ0) is 13.7. The molecule has 0 amide bonds. The molecule has 1 aromatic carbocycles. The quantitative estimate of drug-likeness (QED) is 0.420. The molecule has 0 aliphatic carbocycles. The average molecular weight is 248 g/mol. The first-order valence-electron chi connectivity index (χ1n) is 4.47. The van der Waals surface area contributed by atoms with E-state index in [0.29, 0.717) is 0 Å². The molecule has 0 saturated heterocycles. The van der Waals surface area contributed by atoms with Gasteiger partial charge < -0.3 is 5.73 Å². The zero-order valence-electron chi connectivity index (χ0n) is 8.83. The number of nitrogens with zero attached hydrogens (tertiary/aromatic N) is 3. The van der Waals surface area contributed by atoms with E-state index in [9.17, 15) is 8.78 Å². The normalized spacial score (nSPS) is 10.3. The standard InChI is InChI=1S/C10H6F2N6/c11-7-1-5(2-8(12)6(7)3-13)17-18-9(4-14)10(15)16/h1-2,17H,(H3,15,16)/b18-9+. The molecular weight excluding hydrogens is 242 g/mol. The van der Waals surface area contributed by atoms with Crippen LogP contribution in [0.3, 0.4) is 0 Å². The lowest BCUT2D eigenvalue weighted by Crippen LogP contribution is -2.21. The Morgan fingerprint density at radius 3 is 2.28 bits per heavy atom. The summed E-state index contributed by atoms with van der Waals surface area (Å²) in [5.74, 6) is -2.70. The third-order valence-electron chi connectivity index (χ3n) is 1.81. The Morgan fingerprint density at radius 2 is 1.89 bits per heavy atom. The molecule has 0 aliphatic heterocycles. The maximum Gasteiger partial charge on any atom is 0.201 e. The molecule has 0 aliphatic rings. The summed E-state index contributed by atoms with van der Waals surface area (Å²) in [6.07, 6.45) is 0. The van der Waals surface area contributed by atoms with Crippen LogP contribution in [0.25, 0.3) is 0 Å². The Bertz CT molecular complexity index is 585. The highest BCUT2D eigenvalue weighted by Gasteiger charge is 2.10. The molecule has 90 valence electrons. The van der Waals surface area contributed by atoms with Gasteiger partial charge >= 0.3 is 0 Å². The van der Waals surface area contributed by atoms with E-state index in [0.717, 1.165) is 12.1 Å². The predicted molar refractivity (Wildman–Crippen MR) is 59.7 cm³/mol. The van der Waals surface area contributed by atoms with Gasteiger partial charge in [-0.3, -0.25) is 10.8 Å². The number of benzene rings is 1. The van der Waals surface area contributed by atoms with Crippen LogP contribution in [0.4, 0.5) is 14.5 Å². The van der Waals surface area contributed by atoms with Gasteiger partial charge in [0.15, 0.2) is 5.84 Å². The van der Waals surface area contributed by atoms with Crippen molar-refractivity contribution in [1.29, 1.82) is 15.9 Å². The van der Waals surface area contributed by atoms with Crippen LogP contribution >= 0.6 is 0 Å². The van der Waals surface area contributed by atoms with E-state index in [1.54, 1.807) is 0 Å². The molecular formula is C10H6F2N6. The highest BCUT2D eigenvalue weighted by atomic mass is 19.1. The van der Waals surface area contributed by atoms with Gasteiger partial charge in [0.25, 0.3) is 0 Å². The van der Waals surface area contributed by atoms with E-state index < -0.39 is 28.7 Å². The van der Waals surface area contributed by atoms with Crippen molar-refractivity contribution in [2.24, 2.45) is 10.8 Å². The highest BCUT2D eigenvalue weighted by Crippen LogP contribution is 2.18. The van der Waals surface area contributed by atoms with Crippen LogP contribution in [0, 0.1) is 39.7 Å². The first-order chi connectivity index (χ1) is 8.49. The van der Waals surface area contributed by atoms with Gasteiger partial charge in [0, 0.05) is 12.1 Å². The van der Waals surface area contributed by atoms with E-state index in [1.807, 2.05) is 0 Å². The number of anilines is 1. The van der Waals surface area contributed by atoms with Crippen molar-refractivity contribution < 1.29 is 8.78 Å². The van der Waals surface area contributed by atoms with Crippen molar-refractivity contribution in [2.75, 3.05) is 5.43 Å². The summed E-state index contributed by atoms with van der Waals surface area (Å²) in [5.41, 5.74) is 5.93. The fourth-order valence-corrected chi connectivity index (χ4v) is 1.01. The number of hydrogen-bond donors (Lipinski definition) is 3. The molecule has 1 rings (SSSR count). The number of rotatable bonds is 3. The predicted octanol–water partition coefficient (Wildman–Crippen LogP) is 1.06. The number of amidine groups is 1. The summed E-state index contributed by atoms with van der Waals surface area (Å²) in [7, 11) is 0. The van der Waals surface area contributed by atoms with E-state index >= 15 is 0 Å². The van der Waals surface area contributed by atoms with Gasteiger partial charge in [-0.05, 0) is 0 Å². The molecule has 0 aromatic heterocycles. The van der Waals surface area contributed by atoms with Crippen LogP contribution in [0.5, 0.6) is 0 Å². The number of hydrazone groups is 1. The van der Waals surface area contributed by atoms with Gasteiger partial charge in [0.1, 0.15) is 29.3 Å².